The molecule has 0 amide bonds. The van der Waals surface area contributed by atoms with Crippen LogP contribution in [0.3, 0.4) is 0 Å². The Kier molecular flexibility index (Phi) is 3.55. The summed E-state index contributed by atoms with van der Waals surface area (Å²) < 4.78 is 0. The third kappa shape index (κ3) is 2.19. The minimum atomic E-state index is -0.0889. The summed E-state index contributed by atoms with van der Waals surface area (Å²) in [5.41, 5.74) is 12.5. The minimum absolute atomic E-state index is 0.0889. The van der Waals surface area contributed by atoms with Crippen LogP contribution in [0, 0.1) is 11.3 Å². The predicted molar refractivity (Wildman–Crippen MR) is 72.9 cm³/mol. The van der Waals surface area contributed by atoms with Crippen molar-refractivity contribution in [2.45, 2.75) is 25.8 Å². The predicted octanol–water partition coefficient (Wildman–Crippen LogP) is 1.33. The fourth-order valence-electron chi connectivity index (χ4n) is 2.13. The molecule has 0 spiro atoms. The number of piperidine rings is 1. The summed E-state index contributed by atoms with van der Waals surface area (Å²) in [4.78, 5) is 14.1. The molecule has 2 rings (SSSR count). The van der Waals surface area contributed by atoms with Crippen molar-refractivity contribution in [3.05, 3.63) is 10.4 Å². The Morgan fingerprint density at radius 2 is 2.11 bits per heavy atom. The zero-order valence-electron chi connectivity index (χ0n) is 10.3. The quantitative estimate of drug-likeness (QED) is 0.786. The number of Topliss-reactive ketones (excluding diaryl/α,β-unsaturated/α-hetero) is 1. The summed E-state index contributed by atoms with van der Waals surface area (Å²) in [6, 6.07) is 2.34. The van der Waals surface area contributed by atoms with Crippen molar-refractivity contribution >= 4 is 27.8 Å². The van der Waals surface area contributed by atoms with Crippen molar-refractivity contribution < 1.29 is 4.79 Å². The number of nitrogens with two attached hydrogens (primary N) is 2. The molecule has 6 heteroatoms. The van der Waals surface area contributed by atoms with E-state index in [2.05, 4.69) is 11.0 Å². The van der Waals surface area contributed by atoms with Gasteiger partial charge in [-0.15, -0.1) is 11.3 Å². The molecule has 0 unspecified atom stereocenters. The number of carbonyl (C=O) groups is 1. The summed E-state index contributed by atoms with van der Waals surface area (Å²) in [5.74, 6) is -0.0889. The lowest BCUT2D eigenvalue weighted by molar-refractivity contribution is 0.102. The topological polar surface area (TPSA) is 96.1 Å². The molecule has 5 nitrogen and oxygen atoms in total. The van der Waals surface area contributed by atoms with Gasteiger partial charge < -0.3 is 16.4 Å². The largest absolute Gasteiger partial charge is 0.396 e. The van der Waals surface area contributed by atoms with E-state index in [0.717, 1.165) is 30.9 Å². The summed E-state index contributed by atoms with van der Waals surface area (Å²) in [6.45, 7) is 3.10. The molecule has 4 N–H and O–H groups in total. The second kappa shape index (κ2) is 4.96. The zero-order chi connectivity index (χ0) is 13.3. The fourth-order valence-corrected chi connectivity index (χ4v) is 3.24. The Bertz CT molecular complexity index is 509. The molecule has 1 aromatic heterocycles. The van der Waals surface area contributed by atoms with Crippen LogP contribution in [0.4, 0.5) is 10.7 Å². The van der Waals surface area contributed by atoms with Crippen molar-refractivity contribution in [2.75, 3.05) is 23.7 Å². The third-order valence-electron chi connectivity index (χ3n) is 3.18. The van der Waals surface area contributed by atoms with Crippen molar-refractivity contribution in [2.24, 2.45) is 5.73 Å². The van der Waals surface area contributed by atoms with Gasteiger partial charge in [-0.3, -0.25) is 4.79 Å². The van der Waals surface area contributed by atoms with E-state index in [9.17, 15) is 10.1 Å². The molecule has 0 saturated carbocycles. The van der Waals surface area contributed by atoms with E-state index in [-0.39, 0.29) is 11.8 Å². The molecule has 0 bridgehead atoms. The number of thiophene rings is 1. The van der Waals surface area contributed by atoms with Crippen molar-refractivity contribution in [1.82, 2.24) is 0 Å². The monoisotopic (exact) mass is 264 g/mol. The van der Waals surface area contributed by atoms with E-state index in [1.54, 1.807) is 0 Å². The molecule has 1 aliphatic heterocycles. The number of nitrogens with zero attached hydrogens (tertiary/aromatic N) is 2. The maximum atomic E-state index is 11.5. The van der Waals surface area contributed by atoms with Crippen LogP contribution in [0.2, 0.25) is 0 Å². The molecule has 0 atom stereocenters. The van der Waals surface area contributed by atoms with Crippen LogP contribution in [0.1, 0.15) is 35.0 Å². The van der Waals surface area contributed by atoms with E-state index >= 15 is 0 Å². The summed E-state index contributed by atoms with van der Waals surface area (Å²) in [7, 11) is 0. The van der Waals surface area contributed by atoms with Crippen LogP contribution in [0.5, 0.6) is 0 Å². The van der Waals surface area contributed by atoms with Gasteiger partial charge >= 0.3 is 0 Å². The standard InChI is InChI=1S/C12H16N4OS/c1-7(17)11-10(15)9(6-13)12(18-11)16-4-2-8(14)3-5-16/h8H,2-5,14-15H2,1H3. The van der Waals surface area contributed by atoms with Gasteiger partial charge in [0.25, 0.3) is 0 Å². The van der Waals surface area contributed by atoms with E-state index in [1.807, 2.05) is 0 Å². The van der Waals surface area contributed by atoms with Crippen molar-refractivity contribution in [1.29, 1.82) is 5.26 Å². The second-order valence-electron chi connectivity index (χ2n) is 4.52. The molecule has 1 saturated heterocycles. The maximum Gasteiger partial charge on any atom is 0.171 e. The van der Waals surface area contributed by atoms with Gasteiger partial charge in [-0.2, -0.15) is 5.26 Å². The number of nitriles is 1. The Hall–Kier alpha value is -1.58. The Balaban J connectivity index is 2.36. The molecular weight excluding hydrogens is 248 g/mol. The molecule has 1 fully saturated rings. The lowest BCUT2D eigenvalue weighted by Crippen LogP contribution is -2.39. The molecule has 1 aliphatic rings. The number of hydrogen-bond donors (Lipinski definition) is 2. The second-order valence-corrected chi connectivity index (χ2v) is 5.52. The van der Waals surface area contributed by atoms with Gasteiger partial charge in [-0.05, 0) is 12.8 Å². The molecule has 0 aliphatic carbocycles. The van der Waals surface area contributed by atoms with E-state index < -0.39 is 0 Å². The highest BCUT2D eigenvalue weighted by atomic mass is 32.1. The Labute approximate surface area is 110 Å². The zero-order valence-corrected chi connectivity index (χ0v) is 11.1. The average Bonchev–Trinajstić information content (AvgIpc) is 2.67. The number of hydrogen-bond acceptors (Lipinski definition) is 6. The number of anilines is 2. The molecule has 1 aromatic rings. The smallest absolute Gasteiger partial charge is 0.171 e. The molecule has 2 heterocycles. The van der Waals surface area contributed by atoms with Crippen LogP contribution >= 0.6 is 11.3 Å². The third-order valence-corrected chi connectivity index (χ3v) is 4.55. The first kappa shape index (κ1) is 12.9. The van der Waals surface area contributed by atoms with Crippen LogP contribution in [0.25, 0.3) is 0 Å². The summed E-state index contributed by atoms with van der Waals surface area (Å²) in [6.07, 6.45) is 1.80. The average molecular weight is 264 g/mol. The van der Waals surface area contributed by atoms with Crippen LogP contribution in [-0.2, 0) is 0 Å². The first-order valence-corrected chi connectivity index (χ1v) is 6.70. The Morgan fingerprint density at radius 3 is 2.61 bits per heavy atom. The number of nitrogen functional groups attached to an aromatic ring is 1. The van der Waals surface area contributed by atoms with E-state index in [0.29, 0.717) is 16.1 Å². The maximum absolute atomic E-state index is 11.5. The van der Waals surface area contributed by atoms with Crippen LogP contribution in [0.15, 0.2) is 0 Å². The fraction of sp³-hybridized carbons (Fsp3) is 0.500. The first-order valence-electron chi connectivity index (χ1n) is 5.88. The van der Waals surface area contributed by atoms with E-state index in [4.69, 9.17) is 11.5 Å². The first-order chi connectivity index (χ1) is 8.54. The highest BCUT2D eigenvalue weighted by molar-refractivity contribution is 7.19. The number of carbonyl (C=O) groups excluding carboxylic acids is 1. The summed E-state index contributed by atoms with van der Waals surface area (Å²) >= 11 is 1.31. The number of ketones is 1. The van der Waals surface area contributed by atoms with Gasteiger partial charge in [-0.25, -0.2) is 0 Å². The van der Waals surface area contributed by atoms with Crippen molar-refractivity contribution in [3.8, 4) is 6.07 Å². The van der Waals surface area contributed by atoms with Gasteiger partial charge in [0.2, 0.25) is 0 Å². The minimum Gasteiger partial charge on any atom is -0.396 e. The summed E-state index contributed by atoms with van der Waals surface area (Å²) in [5, 5.41) is 10.0. The van der Waals surface area contributed by atoms with Crippen LogP contribution in [-0.4, -0.2) is 24.9 Å². The molecular formula is C12H16N4OS. The van der Waals surface area contributed by atoms with Gasteiger partial charge in [0, 0.05) is 26.1 Å². The molecule has 0 aromatic carbocycles. The van der Waals surface area contributed by atoms with Crippen molar-refractivity contribution in [3.63, 3.8) is 0 Å². The molecule has 96 valence electrons. The highest BCUT2D eigenvalue weighted by Gasteiger charge is 2.25. The Morgan fingerprint density at radius 1 is 1.50 bits per heavy atom. The lowest BCUT2D eigenvalue weighted by Gasteiger charge is -2.31. The normalized spacial score (nSPS) is 16.6. The van der Waals surface area contributed by atoms with E-state index in [1.165, 1.54) is 18.3 Å². The van der Waals surface area contributed by atoms with Gasteiger partial charge in [-0.1, -0.05) is 0 Å². The highest BCUT2D eigenvalue weighted by Crippen LogP contribution is 2.38. The van der Waals surface area contributed by atoms with Gasteiger partial charge in [0.05, 0.1) is 10.6 Å². The van der Waals surface area contributed by atoms with Crippen LogP contribution < -0.4 is 16.4 Å². The lowest BCUT2D eigenvalue weighted by atomic mass is 10.1. The molecule has 18 heavy (non-hydrogen) atoms. The molecule has 0 radical (unpaired) electrons. The van der Waals surface area contributed by atoms with Gasteiger partial charge in [0.1, 0.15) is 16.6 Å². The SMILES string of the molecule is CC(=O)c1sc(N2CCC(N)CC2)c(C#N)c1N. The number of rotatable bonds is 2. The van der Waals surface area contributed by atoms with Gasteiger partial charge in [0.15, 0.2) is 5.78 Å².